The van der Waals surface area contributed by atoms with E-state index in [9.17, 15) is 8.42 Å². The van der Waals surface area contributed by atoms with E-state index in [2.05, 4.69) is 14.9 Å². The minimum atomic E-state index is -3.65. The molecule has 0 saturated carbocycles. The monoisotopic (exact) mass is 361 g/mol. The van der Waals surface area contributed by atoms with Crippen molar-refractivity contribution in [2.45, 2.75) is 13.8 Å². The predicted octanol–water partition coefficient (Wildman–Crippen LogP) is 3.83. The number of thiophene rings is 1. The van der Waals surface area contributed by atoms with Crippen LogP contribution in [0.2, 0.25) is 0 Å². The molecule has 0 atom stereocenters. The van der Waals surface area contributed by atoms with Crippen molar-refractivity contribution in [3.63, 3.8) is 0 Å². The first kappa shape index (κ1) is 16.4. The van der Waals surface area contributed by atoms with E-state index >= 15 is 0 Å². The van der Waals surface area contributed by atoms with Crippen LogP contribution in [0.25, 0.3) is 16.8 Å². The van der Waals surface area contributed by atoms with Crippen molar-refractivity contribution >= 4 is 33.1 Å². The lowest BCUT2D eigenvalue weighted by Crippen LogP contribution is -2.08. The van der Waals surface area contributed by atoms with E-state index in [1.165, 1.54) is 11.3 Å². The average molecular weight is 361 g/mol. The Morgan fingerprint density at radius 3 is 2.58 bits per heavy atom. The summed E-state index contributed by atoms with van der Waals surface area (Å²) in [5.74, 6) is 0.786. The molecule has 8 heteroatoms. The highest BCUT2D eigenvalue weighted by atomic mass is 32.2. The molecule has 6 nitrogen and oxygen atoms in total. The van der Waals surface area contributed by atoms with Gasteiger partial charge in [0.05, 0.1) is 11.1 Å². The number of nitrogens with one attached hydrogen (secondary N) is 1. The van der Waals surface area contributed by atoms with Gasteiger partial charge in [-0.3, -0.25) is 4.72 Å². The summed E-state index contributed by atoms with van der Waals surface area (Å²) in [5.41, 5.74) is 2.34. The predicted molar refractivity (Wildman–Crippen MR) is 95.1 cm³/mol. The van der Waals surface area contributed by atoms with Gasteiger partial charge in [0.15, 0.2) is 5.82 Å². The molecule has 0 aliphatic heterocycles. The van der Waals surface area contributed by atoms with Gasteiger partial charge in [-0.2, -0.15) is 4.98 Å². The smallest absolute Gasteiger partial charge is 0.270 e. The first-order valence-corrected chi connectivity index (χ1v) is 9.51. The molecule has 2 aromatic heterocycles. The zero-order chi connectivity index (χ0) is 17.2. The van der Waals surface area contributed by atoms with E-state index in [0.717, 1.165) is 16.5 Å². The molecule has 0 saturated heterocycles. The number of nitrogens with zero attached hydrogens (tertiary/aromatic N) is 2. The van der Waals surface area contributed by atoms with Crippen molar-refractivity contribution in [1.29, 1.82) is 0 Å². The zero-order valence-electron chi connectivity index (χ0n) is 13.1. The van der Waals surface area contributed by atoms with E-state index in [1.54, 1.807) is 24.4 Å². The summed E-state index contributed by atoms with van der Waals surface area (Å²) in [5, 5.41) is 6.62. The summed E-state index contributed by atoms with van der Waals surface area (Å²) < 4.78 is 32.2. The van der Waals surface area contributed by atoms with Crippen LogP contribution in [0, 0.1) is 13.8 Å². The van der Waals surface area contributed by atoms with Gasteiger partial charge >= 0.3 is 0 Å². The average Bonchev–Trinajstić information content (AvgIpc) is 3.15. The number of hydrogen-bond donors (Lipinski definition) is 1. The maximum atomic E-state index is 12.3. The minimum absolute atomic E-state index is 0.294. The molecule has 0 amide bonds. The molecule has 24 heavy (non-hydrogen) atoms. The van der Waals surface area contributed by atoms with Crippen molar-refractivity contribution in [2.75, 3.05) is 4.72 Å². The van der Waals surface area contributed by atoms with E-state index in [-0.39, 0.29) is 0 Å². The third-order valence-electron chi connectivity index (χ3n) is 3.16. The Labute approximate surface area is 143 Å². The molecule has 2 heterocycles. The Kier molecular flexibility index (Phi) is 4.50. The SMILES string of the molecule is Cc1ccc(/C=C/S(=O)(=O)Nc2ccsc2-c2nc(C)no2)cc1. The molecule has 0 aliphatic carbocycles. The molecular formula is C16H15N3O3S2. The topological polar surface area (TPSA) is 85.1 Å². The molecule has 3 aromatic rings. The molecule has 0 spiro atoms. The molecule has 0 unspecified atom stereocenters. The Hall–Kier alpha value is -2.45. The quantitative estimate of drug-likeness (QED) is 0.746. The Balaban J connectivity index is 1.80. The van der Waals surface area contributed by atoms with Crippen molar-refractivity contribution in [1.82, 2.24) is 10.1 Å². The van der Waals surface area contributed by atoms with Crippen molar-refractivity contribution in [2.24, 2.45) is 0 Å². The number of anilines is 1. The Morgan fingerprint density at radius 1 is 1.17 bits per heavy atom. The van der Waals surface area contributed by atoms with Gasteiger partial charge in [0.2, 0.25) is 0 Å². The van der Waals surface area contributed by atoms with Crippen LogP contribution in [0.15, 0.2) is 45.6 Å². The third-order valence-corrected chi connectivity index (χ3v) is 5.06. The second-order valence-electron chi connectivity index (χ2n) is 5.17. The summed E-state index contributed by atoms with van der Waals surface area (Å²) in [4.78, 5) is 4.71. The van der Waals surface area contributed by atoms with Gasteiger partial charge in [-0.1, -0.05) is 35.0 Å². The maximum absolute atomic E-state index is 12.3. The highest BCUT2D eigenvalue weighted by molar-refractivity contribution is 7.95. The number of sulfonamides is 1. The van der Waals surface area contributed by atoms with Crippen LogP contribution < -0.4 is 4.72 Å². The molecule has 0 radical (unpaired) electrons. The molecule has 0 bridgehead atoms. The number of aromatic nitrogens is 2. The molecule has 1 N–H and O–H groups in total. The summed E-state index contributed by atoms with van der Waals surface area (Å²) in [7, 11) is -3.65. The number of benzene rings is 1. The number of aryl methyl sites for hydroxylation is 2. The van der Waals surface area contributed by atoms with Gasteiger partial charge in [0, 0.05) is 0 Å². The largest absolute Gasteiger partial charge is 0.333 e. The standard InChI is InChI=1S/C16H15N3O3S2/c1-11-3-5-13(6-4-11)8-10-24(20,21)19-14-7-9-23-15(14)16-17-12(2)18-22-16/h3-10,19H,1-2H3/b10-8+. The Morgan fingerprint density at radius 2 is 1.92 bits per heavy atom. The summed E-state index contributed by atoms with van der Waals surface area (Å²) >= 11 is 1.33. The van der Waals surface area contributed by atoms with Crippen LogP contribution in [-0.2, 0) is 10.0 Å². The Bertz CT molecular complexity index is 970. The van der Waals surface area contributed by atoms with Crippen LogP contribution in [-0.4, -0.2) is 18.6 Å². The van der Waals surface area contributed by atoms with Gasteiger partial charge < -0.3 is 4.52 Å². The van der Waals surface area contributed by atoms with Crippen LogP contribution in [0.3, 0.4) is 0 Å². The second kappa shape index (κ2) is 6.58. The highest BCUT2D eigenvalue weighted by Gasteiger charge is 2.16. The van der Waals surface area contributed by atoms with E-state index in [1.807, 2.05) is 31.2 Å². The summed E-state index contributed by atoms with van der Waals surface area (Å²) in [6.07, 6.45) is 1.55. The molecule has 0 aliphatic rings. The molecular weight excluding hydrogens is 346 g/mol. The number of rotatable bonds is 5. The summed E-state index contributed by atoms with van der Waals surface area (Å²) in [6, 6.07) is 9.23. The zero-order valence-corrected chi connectivity index (χ0v) is 14.7. The van der Waals surface area contributed by atoms with Crippen molar-refractivity contribution in [3.05, 3.63) is 58.1 Å². The minimum Gasteiger partial charge on any atom is -0.333 e. The van der Waals surface area contributed by atoms with Crippen molar-refractivity contribution in [3.8, 4) is 10.8 Å². The van der Waals surface area contributed by atoms with Crippen LogP contribution in [0.1, 0.15) is 17.0 Å². The van der Waals surface area contributed by atoms with Gasteiger partial charge in [0.1, 0.15) is 4.88 Å². The van der Waals surface area contributed by atoms with E-state index in [4.69, 9.17) is 4.52 Å². The lowest BCUT2D eigenvalue weighted by atomic mass is 10.2. The van der Waals surface area contributed by atoms with Gasteiger partial charge in [0.25, 0.3) is 15.9 Å². The second-order valence-corrected chi connectivity index (χ2v) is 7.65. The fraction of sp³-hybridized carbons (Fsp3) is 0.125. The van der Waals surface area contributed by atoms with E-state index in [0.29, 0.717) is 22.3 Å². The first-order valence-electron chi connectivity index (χ1n) is 7.09. The fourth-order valence-corrected chi connectivity index (χ4v) is 3.69. The fourth-order valence-electron chi connectivity index (χ4n) is 1.98. The number of hydrogen-bond acceptors (Lipinski definition) is 6. The van der Waals surface area contributed by atoms with Crippen LogP contribution in [0.4, 0.5) is 5.69 Å². The molecule has 1 aromatic carbocycles. The molecule has 0 fully saturated rings. The molecule has 124 valence electrons. The maximum Gasteiger partial charge on any atom is 0.270 e. The van der Waals surface area contributed by atoms with E-state index < -0.39 is 10.0 Å². The van der Waals surface area contributed by atoms with Gasteiger partial charge in [-0.15, -0.1) is 11.3 Å². The summed E-state index contributed by atoms with van der Waals surface area (Å²) in [6.45, 7) is 3.68. The first-order chi connectivity index (χ1) is 11.4. The van der Waals surface area contributed by atoms with Crippen LogP contribution >= 0.6 is 11.3 Å². The van der Waals surface area contributed by atoms with Gasteiger partial charge in [-0.25, -0.2) is 8.42 Å². The van der Waals surface area contributed by atoms with Crippen molar-refractivity contribution < 1.29 is 12.9 Å². The van der Waals surface area contributed by atoms with Crippen LogP contribution in [0.5, 0.6) is 0 Å². The molecule has 3 rings (SSSR count). The van der Waals surface area contributed by atoms with Gasteiger partial charge in [-0.05, 0) is 36.9 Å². The lowest BCUT2D eigenvalue weighted by molar-refractivity contribution is 0.426. The normalized spacial score (nSPS) is 11.9. The highest BCUT2D eigenvalue weighted by Crippen LogP contribution is 2.33. The third kappa shape index (κ3) is 3.90. The lowest BCUT2D eigenvalue weighted by Gasteiger charge is -2.03.